The summed E-state index contributed by atoms with van der Waals surface area (Å²) in [5.41, 5.74) is 4.13. The molecule has 1 atom stereocenters. The molecule has 8 heteroatoms. The summed E-state index contributed by atoms with van der Waals surface area (Å²) in [5, 5.41) is 15.4. The van der Waals surface area contributed by atoms with E-state index in [9.17, 15) is 0 Å². The van der Waals surface area contributed by atoms with E-state index >= 15 is 0 Å². The van der Waals surface area contributed by atoms with Crippen molar-refractivity contribution in [2.45, 2.75) is 25.8 Å². The summed E-state index contributed by atoms with van der Waals surface area (Å²) >= 11 is 0. The molecule has 0 aliphatic carbocycles. The Bertz CT molecular complexity index is 920. The van der Waals surface area contributed by atoms with Crippen LogP contribution in [0.4, 0.5) is 11.8 Å². The fourth-order valence-electron chi connectivity index (χ4n) is 3.21. The molecule has 1 fully saturated rings. The van der Waals surface area contributed by atoms with Gasteiger partial charge in [0.2, 0.25) is 5.95 Å². The third-order valence-corrected chi connectivity index (χ3v) is 4.61. The van der Waals surface area contributed by atoms with E-state index in [1.807, 2.05) is 12.1 Å². The van der Waals surface area contributed by atoms with Crippen LogP contribution in [-0.2, 0) is 11.3 Å². The highest BCUT2D eigenvalue weighted by Gasteiger charge is 2.20. The molecular weight excluding hydrogens is 344 g/mol. The van der Waals surface area contributed by atoms with E-state index in [4.69, 9.17) is 9.84 Å². The Morgan fingerprint density at radius 1 is 1.22 bits per heavy atom. The molecule has 1 unspecified atom stereocenters. The second-order valence-corrected chi connectivity index (χ2v) is 6.77. The van der Waals surface area contributed by atoms with Gasteiger partial charge in [-0.25, -0.2) is 9.97 Å². The van der Waals surface area contributed by atoms with Crippen LogP contribution in [-0.4, -0.2) is 51.4 Å². The second-order valence-electron chi connectivity index (χ2n) is 6.77. The summed E-state index contributed by atoms with van der Waals surface area (Å²) in [4.78, 5) is 17.0. The molecule has 0 radical (unpaired) electrons. The number of aryl methyl sites for hydroxylation is 1. The van der Waals surface area contributed by atoms with Crippen molar-refractivity contribution < 1.29 is 9.84 Å². The van der Waals surface area contributed by atoms with E-state index in [1.54, 1.807) is 0 Å². The van der Waals surface area contributed by atoms with E-state index in [2.05, 4.69) is 49.6 Å². The number of aliphatic hydroxyl groups is 1. The number of fused-ring (bicyclic) bond motifs is 1. The smallest absolute Gasteiger partial charge is 0.224 e. The molecule has 4 N–H and O–H groups in total. The molecule has 1 aromatic carbocycles. The minimum atomic E-state index is 0.0291. The number of aliphatic hydroxyl groups excluding tert-OH is 1. The minimum absolute atomic E-state index is 0.0291. The van der Waals surface area contributed by atoms with Crippen molar-refractivity contribution in [3.8, 4) is 0 Å². The number of benzene rings is 1. The second kappa shape index (κ2) is 7.89. The van der Waals surface area contributed by atoms with Gasteiger partial charge >= 0.3 is 0 Å². The zero-order chi connectivity index (χ0) is 18.6. The molecule has 8 nitrogen and oxygen atoms in total. The largest absolute Gasteiger partial charge is 0.395 e. The Labute approximate surface area is 157 Å². The number of hydrogen-bond donors (Lipinski definition) is 4. The summed E-state index contributed by atoms with van der Waals surface area (Å²) in [7, 11) is 0. The predicted octanol–water partition coefficient (Wildman–Crippen LogP) is 2.18. The van der Waals surface area contributed by atoms with Crippen molar-refractivity contribution in [1.29, 1.82) is 0 Å². The van der Waals surface area contributed by atoms with Crippen LogP contribution in [0.5, 0.6) is 0 Å². The van der Waals surface area contributed by atoms with Crippen molar-refractivity contribution in [3.05, 3.63) is 41.3 Å². The lowest BCUT2D eigenvalue weighted by atomic mass is 10.0. The molecule has 142 valence electrons. The Balaban J connectivity index is 1.52. The van der Waals surface area contributed by atoms with Crippen LogP contribution in [0.25, 0.3) is 11.0 Å². The molecule has 3 heterocycles. The lowest BCUT2D eigenvalue weighted by Crippen LogP contribution is -2.13. The third kappa shape index (κ3) is 4.17. The topological polar surface area (TPSA) is 108 Å². The van der Waals surface area contributed by atoms with Gasteiger partial charge < -0.3 is 25.5 Å². The first-order valence-electron chi connectivity index (χ1n) is 9.22. The van der Waals surface area contributed by atoms with Crippen LogP contribution in [0.15, 0.2) is 24.3 Å². The minimum Gasteiger partial charge on any atom is -0.395 e. The summed E-state index contributed by atoms with van der Waals surface area (Å²) in [6.07, 6.45) is 0.957. The standard InChI is InChI=1S/C19H24N6O2/c1-12-2-3-14-16(8-12)23-18(22-14)10-21-17-9-15(13-4-7-27-11-13)24-19(25-17)20-5-6-26/h2-3,8-9,13,26H,4-7,10-11H2,1H3,(H,22,23)(H2,20,21,24,25). The number of imidazole rings is 1. The maximum Gasteiger partial charge on any atom is 0.224 e. The van der Waals surface area contributed by atoms with Crippen molar-refractivity contribution in [2.24, 2.45) is 0 Å². The molecule has 1 saturated heterocycles. The molecule has 0 bridgehead atoms. The fraction of sp³-hybridized carbons (Fsp3) is 0.421. The third-order valence-electron chi connectivity index (χ3n) is 4.61. The van der Waals surface area contributed by atoms with Crippen molar-refractivity contribution >= 4 is 22.8 Å². The van der Waals surface area contributed by atoms with Crippen LogP contribution >= 0.6 is 0 Å². The SMILES string of the molecule is Cc1ccc2nc(CNc3cc(C4CCOC4)nc(NCCO)n3)[nH]c2c1. The monoisotopic (exact) mass is 368 g/mol. The van der Waals surface area contributed by atoms with Gasteiger partial charge in [-0.1, -0.05) is 6.07 Å². The summed E-state index contributed by atoms with van der Waals surface area (Å²) < 4.78 is 5.49. The first kappa shape index (κ1) is 17.7. The van der Waals surface area contributed by atoms with Crippen molar-refractivity contribution in [3.63, 3.8) is 0 Å². The quantitative estimate of drug-likeness (QED) is 0.506. The molecule has 1 aliphatic rings. The predicted molar refractivity (Wildman–Crippen MR) is 104 cm³/mol. The van der Waals surface area contributed by atoms with E-state index in [0.29, 0.717) is 25.6 Å². The van der Waals surface area contributed by atoms with E-state index in [-0.39, 0.29) is 12.5 Å². The molecule has 3 aromatic rings. The summed E-state index contributed by atoms with van der Waals surface area (Å²) in [6.45, 7) is 4.47. The Morgan fingerprint density at radius 2 is 2.15 bits per heavy atom. The van der Waals surface area contributed by atoms with Gasteiger partial charge in [-0.05, 0) is 31.0 Å². The molecule has 0 spiro atoms. The number of nitrogens with zero attached hydrogens (tertiary/aromatic N) is 3. The van der Waals surface area contributed by atoms with Crippen LogP contribution < -0.4 is 10.6 Å². The molecule has 0 saturated carbocycles. The highest BCUT2D eigenvalue weighted by Crippen LogP contribution is 2.26. The number of nitrogens with one attached hydrogen (secondary N) is 3. The van der Waals surface area contributed by atoms with Gasteiger partial charge in [0.25, 0.3) is 0 Å². The maximum atomic E-state index is 9.05. The van der Waals surface area contributed by atoms with Gasteiger partial charge in [-0.3, -0.25) is 0 Å². The first-order chi connectivity index (χ1) is 13.2. The van der Waals surface area contributed by atoms with Gasteiger partial charge in [0.1, 0.15) is 11.6 Å². The highest BCUT2D eigenvalue weighted by molar-refractivity contribution is 5.75. The molecule has 27 heavy (non-hydrogen) atoms. The first-order valence-corrected chi connectivity index (χ1v) is 9.22. The van der Waals surface area contributed by atoms with Crippen molar-refractivity contribution in [1.82, 2.24) is 19.9 Å². The normalized spacial score (nSPS) is 16.7. The van der Waals surface area contributed by atoms with Crippen LogP contribution in [0.1, 0.15) is 29.4 Å². The molecule has 4 rings (SSSR count). The number of H-pyrrole nitrogens is 1. The number of hydrogen-bond acceptors (Lipinski definition) is 7. The Hall–Kier alpha value is -2.71. The molecule has 2 aromatic heterocycles. The van der Waals surface area contributed by atoms with Gasteiger partial charge in [0.15, 0.2) is 0 Å². The van der Waals surface area contributed by atoms with Crippen molar-refractivity contribution in [2.75, 3.05) is 37.0 Å². The zero-order valence-corrected chi connectivity index (χ0v) is 15.3. The number of rotatable bonds is 7. The van der Waals surface area contributed by atoms with E-state index in [1.165, 1.54) is 5.56 Å². The van der Waals surface area contributed by atoms with E-state index < -0.39 is 0 Å². The number of ether oxygens (including phenoxy) is 1. The number of anilines is 2. The van der Waals surface area contributed by atoms with Crippen LogP contribution in [0.2, 0.25) is 0 Å². The van der Waals surface area contributed by atoms with Gasteiger partial charge in [-0.2, -0.15) is 4.98 Å². The number of aromatic nitrogens is 4. The van der Waals surface area contributed by atoms with Gasteiger partial charge in [-0.15, -0.1) is 0 Å². The Kier molecular flexibility index (Phi) is 5.17. The maximum absolute atomic E-state index is 9.05. The molecule has 0 amide bonds. The lowest BCUT2D eigenvalue weighted by Gasteiger charge is -2.13. The highest BCUT2D eigenvalue weighted by atomic mass is 16.5. The summed E-state index contributed by atoms with van der Waals surface area (Å²) in [5.74, 6) is 2.36. The van der Waals surface area contributed by atoms with E-state index in [0.717, 1.165) is 41.4 Å². The number of aromatic amines is 1. The average molecular weight is 368 g/mol. The molecular formula is C19H24N6O2. The van der Waals surface area contributed by atoms with Crippen LogP contribution in [0, 0.1) is 6.92 Å². The zero-order valence-electron chi connectivity index (χ0n) is 15.3. The van der Waals surface area contributed by atoms with Gasteiger partial charge in [0.05, 0.1) is 36.5 Å². The molecule has 1 aliphatic heterocycles. The summed E-state index contributed by atoms with van der Waals surface area (Å²) in [6, 6.07) is 8.13. The van der Waals surface area contributed by atoms with Gasteiger partial charge in [0, 0.05) is 25.1 Å². The Morgan fingerprint density at radius 3 is 2.96 bits per heavy atom. The lowest BCUT2D eigenvalue weighted by molar-refractivity contribution is 0.193. The average Bonchev–Trinajstić information content (AvgIpc) is 3.34. The van der Waals surface area contributed by atoms with Crippen LogP contribution in [0.3, 0.4) is 0 Å². The fourth-order valence-corrected chi connectivity index (χ4v) is 3.21.